The van der Waals surface area contributed by atoms with Crippen LogP contribution < -0.4 is 0 Å². The summed E-state index contributed by atoms with van der Waals surface area (Å²) in [6, 6.07) is 11.9. The smallest absolute Gasteiger partial charge is 0.319 e. The van der Waals surface area contributed by atoms with Gasteiger partial charge in [0.1, 0.15) is 27.6 Å². The Hall–Kier alpha value is -9.40. The largest absolute Gasteiger partial charge is 0.505 e. The van der Waals surface area contributed by atoms with E-state index in [1.54, 1.807) is 0 Å². The van der Waals surface area contributed by atoms with Crippen molar-refractivity contribution in [2.24, 2.45) is 40.9 Å². The molecule has 0 spiro atoms. The minimum absolute atomic E-state index is 0.113. The first kappa shape index (κ1) is 46.1. The van der Waals surface area contributed by atoms with Crippen molar-refractivity contribution in [2.45, 2.75) is 9.79 Å². The van der Waals surface area contributed by atoms with Gasteiger partial charge in [-0.15, -0.1) is 30.7 Å². The van der Waals surface area contributed by atoms with E-state index in [4.69, 9.17) is 0 Å². The molecule has 30 nitrogen and oxygen atoms in total. The fourth-order valence-corrected chi connectivity index (χ4v) is 6.65. The normalized spacial score (nSPS) is 12.2. The molecule has 6 aromatic rings. The highest BCUT2D eigenvalue weighted by Gasteiger charge is 2.27. The average Bonchev–Trinajstić information content (AvgIpc) is 3.24. The van der Waals surface area contributed by atoms with E-state index >= 15 is 0 Å². The van der Waals surface area contributed by atoms with Crippen LogP contribution in [0.1, 0.15) is 0 Å². The number of benzene rings is 6. The summed E-state index contributed by atoms with van der Waals surface area (Å²) in [7, 11) is -10.6. The quantitative estimate of drug-likeness (QED) is 0.0256. The number of azo groups is 4. The predicted molar refractivity (Wildman–Crippen MR) is 219 cm³/mol. The van der Waals surface area contributed by atoms with Gasteiger partial charge in [0, 0.05) is 36.4 Å². The van der Waals surface area contributed by atoms with Gasteiger partial charge in [-0.2, -0.15) is 27.1 Å². The van der Waals surface area contributed by atoms with Crippen molar-refractivity contribution >= 4 is 99.3 Å². The van der Waals surface area contributed by atoms with Gasteiger partial charge < -0.3 is 20.4 Å². The van der Waals surface area contributed by atoms with Crippen LogP contribution in [0.3, 0.4) is 0 Å². The molecule has 0 saturated carbocycles. The number of non-ortho nitro benzene ring substituents is 3. The summed E-state index contributed by atoms with van der Waals surface area (Å²) in [5.41, 5.74) is -8.32. The van der Waals surface area contributed by atoms with Crippen molar-refractivity contribution in [2.75, 3.05) is 0 Å². The molecule has 0 heterocycles. The van der Waals surface area contributed by atoms with Gasteiger partial charge >= 0.3 is 5.69 Å². The van der Waals surface area contributed by atoms with E-state index in [0.717, 1.165) is 48.5 Å². The number of hydrogen-bond acceptors (Lipinski definition) is 24. The summed E-state index contributed by atoms with van der Waals surface area (Å²) in [5.74, 6) is -4.65. The molecule has 0 fully saturated rings. The number of nitrogens with zero attached hydrogens (tertiary/aromatic N) is 12. The number of aromatic hydroxyl groups is 4. The number of phenolic OH excluding ortho intramolecular Hbond substituents is 4. The van der Waals surface area contributed by atoms with Crippen LogP contribution in [-0.2, 0) is 20.2 Å². The van der Waals surface area contributed by atoms with Crippen LogP contribution in [0, 0.1) is 40.5 Å². The van der Waals surface area contributed by atoms with Gasteiger partial charge in [0.15, 0.2) is 22.9 Å². The topological polar surface area (TPSA) is 461 Å². The summed E-state index contributed by atoms with van der Waals surface area (Å²) >= 11 is 0. The van der Waals surface area contributed by atoms with Crippen LogP contribution in [0.4, 0.5) is 68.2 Å². The number of nitro groups is 4. The highest BCUT2D eigenvalue weighted by molar-refractivity contribution is 7.86. The van der Waals surface area contributed by atoms with Crippen molar-refractivity contribution in [1.82, 2.24) is 0 Å². The monoisotopic (exact) mass is 948 g/mol. The van der Waals surface area contributed by atoms with E-state index in [-0.39, 0.29) is 22.7 Å². The molecule has 0 unspecified atom stereocenters. The first-order chi connectivity index (χ1) is 30.9. The second-order valence-electron chi connectivity index (χ2n) is 12.7. The summed E-state index contributed by atoms with van der Waals surface area (Å²) in [6.07, 6.45) is 0. The van der Waals surface area contributed by atoms with Gasteiger partial charge in [0.05, 0.1) is 53.1 Å². The molecule has 0 atom stereocenters. The SMILES string of the molecule is O=[N+]([O-])c1ccc(N=Nc2c(O)c(N=Nc3cc([N+](=O)[O-])cc([N+](=O)[O-])c3O)cc(N=Nc3cc(S(=O)(=O)O)cc4cc(S(=O)(=O)O)c(N=Nc5ccc([N+](=O)[O-])cc5)c(O)c34)c2O)cc1. The molecule has 0 amide bonds. The standard InChI is InChI=1S/C34H20N12O18S2/c47-31-23(11-20(45(55)56)12-26(31)46(57)58)38-40-25-14-24(32(48)30(33(25)49)42-36-17-3-7-19(8-4-17)44(53)54)39-37-22-13-21(65(59,60)61)9-15-10-27(66(62,63)64)29(34(50)28(15)22)41-35-16-1-5-18(6-2-16)43(51)52/h1-14,47-50H,(H,59,60,61)(H,62,63,64). The lowest BCUT2D eigenvalue weighted by Crippen LogP contribution is -2.01. The summed E-state index contributed by atoms with van der Waals surface area (Å²) in [4.78, 5) is 39.2. The average molecular weight is 949 g/mol. The van der Waals surface area contributed by atoms with Gasteiger partial charge in [0.25, 0.3) is 37.3 Å². The Morgan fingerprint density at radius 2 is 0.879 bits per heavy atom. The number of rotatable bonds is 14. The van der Waals surface area contributed by atoms with Crippen LogP contribution in [0.15, 0.2) is 136 Å². The summed E-state index contributed by atoms with van der Waals surface area (Å²) in [6.45, 7) is 0. The summed E-state index contributed by atoms with van der Waals surface area (Å²) < 4.78 is 69.7. The predicted octanol–water partition coefficient (Wildman–Crippen LogP) is 9.45. The zero-order valence-electron chi connectivity index (χ0n) is 31.8. The molecule has 66 heavy (non-hydrogen) atoms. The van der Waals surface area contributed by atoms with Gasteiger partial charge in [-0.1, -0.05) is 0 Å². The molecule has 6 rings (SSSR count). The molecule has 32 heteroatoms. The highest BCUT2D eigenvalue weighted by atomic mass is 32.2. The first-order valence-electron chi connectivity index (χ1n) is 17.1. The van der Waals surface area contributed by atoms with E-state index in [1.807, 2.05) is 0 Å². The second-order valence-corrected chi connectivity index (χ2v) is 15.5. The van der Waals surface area contributed by atoms with E-state index in [9.17, 15) is 86.8 Å². The second kappa shape index (κ2) is 17.8. The van der Waals surface area contributed by atoms with Gasteiger partial charge in [-0.3, -0.25) is 49.6 Å². The zero-order chi connectivity index (χ0) is 48.4. The van der Waals surface area contributed by atoms with Gasteiger partial charge in [-0.25, -0.2) is 0 Å². The van der Waals surface area contributed by atoms with E-state index in [2.05, 4.69) is 40.9 Å². The van der Waals surface area contributed by atoms with Crippen LogP contribution in [0.5, 0.6) is 23.0 Å². The Bertz CT molecular complexity index is 3420. The maximum atomic E-state index is 12.5. The molecule has 0 aliphatic carbocycles. The third-order valence-corrected chi connectivity index (χ3v) is 10.2. The highest BCUT2D eigenvalue weighted by Crippen LogP contribution is 2.52. The van der Waals surface area contributed by atoms with Crippen molar-refractivity contribution in [1.29, 1.82) is 0 Å². The molecule has 0 aliphatic heterocycles. The summed E-state index contributed by atoms with van der Waals surface area (Å²) in [5, 5.41) is 118. The van der Waals surface area contributed by atoms with E-state index < -0.39 is 129 Å². The van der Waals surface area contributed by atoms with E-state index in [1.165, 1.54) is 0 Å². The van der Waals surface area contributed by atoms with Gasteiger partial charge in [-0.05, 0) is 47.9 Å². The Morgan fingerprint density at radius 3 is 1.32 bits per heavy atom. The Balaban J connectivity index is 1.58. The zero-order valence-corrected chi connectivity index (χ0v) is 33.5. The molecule has 0 aliphatic rings. The molecular weight excluding hydrogens is 929 g/mol. The van der Waals surface area contributed by atoms with Crippen LogP contribution >= 0.6 is 0 Å². The Kier molecular flexibility index (Phi) is 12.4. The molecule has 0 aromatic heterocycles. The van der Waals surface area contributed by atoms with Crippen molar-refractivity contribution in [3.63, 3.8) is 0 Å². The third-order valence-electron chi connectivity index (χ3n) is 8.53. The molecule has 6 N–H and O–H groups in total. The fourth-order valence-electron chi connectivity index (χ4n) is 5.45. The number of nitro benzene ring substituents is 4. The molecule has 6 aromatic carbocycles. The third kappa shape index (κ3) is 9.79. The number of hydrogen-bond donors (Lipinski definition) is 6. The molecule has 0 radical (unpaired) electrons. The minimum Gasteiger partial charge on any atom is -0.505 e. The molecule has 0 bridgehead atoms. The minimum atomic E-state index is -5.36. The number of fused-ring (bicyclic) bond motifs is 1. The van der Waals surface area contributed by atoms with Gasteiger partial charge in [0.2, 0.25) is 5.75 Å². The van der Waals surface area contributed by atoms with Crippen LogP contribution in [-0.4, -0.2) is 66.1 Å². The lowest BCUT2D eigenvalue weighted by Gasteiger charge is -2.12. The lowest BCUT2D eigenvalue weighted by atomic mass is 10.1. The first-order valence-corrected chi connectivity index (χ1v) is 20.0. The Labute approximate surface area is 363 Å². The van der Waals surface area contributed by atoms with Crippen LogP contribution in [0.2, 0.25) is 0 Å². The molecule has 336 valence electrons. The van der Waals surface area contributed by atoms with Crippen molar-refractivity contribution < 1.29 is 66.1 Å². The Morgan fingerprint density at radius 1 is 0.424 bits per heavy atom. The lowest BCUT2D eigenvalue weighted by molar-refractivity contribution is -0.394. The molecule has 0 saturated heterocycles. The maximum absolute atomic E-state index is 12.5. The van der Waals surface area contributed by atoms with E-state index in [0.29, 0.717) is 36.4 Å². The van der Waals surface area contributed by atoms with Crippen molar-refractivity contribution in [3.8, 4) is 23.0 Å². The maximum Gasteiger partial charge on any atom is 0.319 e. The van der Waals surface area contributed by atoms with Crippen molar-refractivity contribution in [3.05, 3.63) is 125 Å². The fraction of sp³-hybridized carbons (Fsp3) is 0. The molecular formula is C34H20N12O18S2. The van der Waals surface area contributed by atoms with Crippen LogP contribution in [0.25, 0.3) is 10.8 Å². The number of phenols is 4.